The number of carbonyl (C=O) groups is 1. The van der Waals surface area contributed by atoms with Crippen LogP contribution in [0.4, 0.5) is 0 Å². The van der Waals surface area contributed by atoms with Crippen LogP contribution in [0.5, 0.6) is 5.88 Å². The zero-order chi connectivity index (χ0) is 12.6. The number of ether oxygens (including phenoxy) is 1. The van der Waals surface area contributed by atoms with Gasteiger partial charge in [0, 0.05) is 0 Å². The van der Waals surface area contributed by atoms with E-state index >= 15 is 0 Å². The molecule has 1 aromatic rings. The second-order valence-corrected chi connectivity index (χ2v) is 3.67. The average Bonchev–Trinajstić information content (AvgIpc) is 2.81. The number of aliphatic hydroxyl groups excluding tert-OH is 1. The molecule has 1 saturated heterocycles. The van der Waals surface area contributed by atoms with Gasteiger partial charge in [0.1, 0.15) is 12.6 Å². The van der Waals surface area contributed by atoms with E-state index in [9.17, 15) is 15.0 Å². The number of nitrogens with two attached hydrogens (primary N) is 2. The van der Waals surface area contributed by atoms with Gasteiger partial charge < -0.3 is 26.4 Å². The molecule has 3 atom stereocenters. The first kappa shape index (κ1) is 15.1. The van der Waals surface area contributed by atoms with Gasteiger partial charge in [0.2, 0.25) is 5.88 Å². The summed E-state index contributed by atoms with van der Waals surface area (Å²) in [7, 11) is 0. The minimum Gasteiger partial charge on any atom is -0.493 e. The maximum absolute atomic E-state index is 10.9. The van der Waals surface area contributed by atoms with Crippen molar-refractivity contribution < 1.29 is 39.5 Å². The maximum atomic E-state index is 10.9. The van der Waals surface area contributed by atoms with Crippen molar-refractivity contribution in [1.29, 1.82) is 0 Å². The summed E-state index contributed by atoms with van der Waals surface area (Å²) >= 11 is 0. The summed E-state index contributed by atoms with van der Waals surface area (Å²) in [6, 6.07) is 0. The number of hydrogen-bond acceptors (Lipinski definition) is 6. The Hall–Kier alpha value is -1.00. The van der Waals surface area contributed by atoms with Gasteiger partial charge in [-0.25, -0.2) is 4.98 Å². The molecule has 1 aliphatic rings. The third kappa shape index (κ3) is 2.54. The Balaban J connectivity index is 0.00000162. The van der Waals surface area contributed by atoms with E-state index in [0.29, 0.717) is 0 Å². The van der Waals surface area contributed by atoms with Crippen LogP contribution in [-0.4, -0.2) is 44.4 Å². The molecule has 0 saturated carbocycles. The normalized spacial score (nSPS) is 26.9. The molecule has 0 unspecified atom stereocenters. The monoisotopic (exact) mass is 433 g/mol. The van der Waals surface area contributed by atoms with E-state index in [1.54, 1.807) is 0 Å². The van der Waals surface area contributed by atoms with Crippen molar-refractivity contribution >= 4 is 5.91 Å². The minimum absolute atomic E-state index is 0. The third-order valence-corrected chi connectivity index (χ3v) is 2.53. The first-order valence-corrected chi connectivity index (χ1v) is 4.98. The molecule has 1 aromatic heterocycles. The van der Waals surface area contributed by atoms with E-state index < -0.39 is 30.2 Å². The largest absolute Gasteiger partial charge is 1.00 e. The van der Waals surface area contributed by atoms with Crippen molar-refractivity contribution in [3.63, 3.8) is 0 Å². The topological polar surface area (TPSA) is 137 Å². The molecule has 1 aliphatic heterocycles. The minimum atomic E-state index is -0.940. The Labute approximate surface area is 116 Å². The Morgan fingerprint density at radius 2 is 2.33 bits per heavy atom. The summed E-state index contributed by atoms with van der Waals surface area (Å²) in [6.07, 6.45) is 0.478. The molecular weight excluding hydrogens is 418 g/mol. The van der Waals surface area contributed by atoms with E-state index in [1.807, 2.05) is 0 Å². The van der Waals surface area contributed by atoms with Gasteiger partial charge in [-0.05, 0) is 18.8 Å². The average molecular weight is 431 g/mol. The van der Waals surface area contributed by atoms with Gasteiger partial charge in [0.15, 0.2) is 5.69 Å². The molecular formula is C9H13N4O4Os. The fraction of sp³-hybridized carbons (Fsp3) is 0.444. The number of amides is 1. The predicted octanol–water partition coefficient (Wildman–Crippen LogP) is -1.89. The van der Waals surface area contributed by atoms with Crippen LogP contribution in [-0.2, 0) is 24.5 Å². The van der Waals surface area contributed by atoms with E-state index in [-0.39, 0.29) is 32.0 Å². The van der Waals surface area contributed by atoms with Gasteiger partial charge >= 0.3 is 19.8 Å². The van der Waals surface area contributed by atoms with Crippen LogP contribution < -0.4 is 11.5 Å². The molecule has 6 N–H and O–H groups in total. The molecule has 0 bridgehead atoms. The van der Waals surface area contributed by atoms with Gasteiger partial charge in [-0.2, -0.15) is 0 Å². The van der Waals surface area contributed by atoms with Crippen molar-refractivity contribution in [3.8, 4) is 5.88 Å². The first-order valence-electron chi connectivity index (χ1n) is 4.98. The van der Waals surface area contributed by atoms with Crippen LogP contribution >= 0.6 is 0 Å². The number of nitrogens with zero attached hydrogens (tertiary/aromatic N) is 2. The van der Waals surface area contributed by atoms with E-state index in [2.05, 4.69) is 4.98 Å². The van der Waals surface area contributed by atoms with Gasteiger partial charge in [0.25, 0.3) is 5.91 Å². The number of carbonyl (C=O) groups excluding carboxylic acids is 1. The third-order valence-electron chi connectivity index (χ3n) is 2.53. The van der Waals surface area contributed by atoms with Gasteiger partial charge in [-0.1, -0.05) is 0 Å². The van der Waals surface area contributed by atoms with Crippen LogP contribution in [0.15, 0.2) is 6.33 Å². The van der Waals surface area contributed by atoms with E-state index in [0.717, 1.165) is 4.57 Å². The molecule has 0 aliphatic carbocycles. The molecule has 1 amide bonds. The standard InChI is InChI=1S/C9H13N4O4.Os/c10-2-4-1-5(14)9(17-4)13-3-12-6(7(11)15)8(13)16;/h1,3-5,9,14,16H,2,10H2,(H2,11,15);/q-1;+1/t4-,5+,9+;/m0./s1. The number of aromatic nitrogens is 2. The summed E-state index contributed by atoms with van der Waals surface area (Å²) in [5, 5.41) is 19.4. The molecule has 2 rings (SSSR count). The van der Waals surface area contributed by atoms with Gasteiger partial charge in [0.05, 0.1) is 0 Å². The number of primary amides is 1. The van der Waals surface area contributed by atoms with Crippen molar-refractivity contribution in [1.82, 2.24) is 9.55 Å². The predicted molar refractivity (Wildman–Crippen MR) is 55.7 cm³/mol. The molecule has 1 radical (unpaired) electrons. The Kier molecular flexibility index (Phi) is 4.82. The van der Waals surface area contributed by atoms with Crippen LogP contribution in [0.1, 0.15) is 16.7 Å². The molecule has 0 spiro atoms. The molecule has 0 aromatic carbocycles. The smallest absolute Gasteiger partial charge is 0.493 e. The van der Waals surface area contributed by atoms with Crippen molar-refractivity contribution in [3.05, 3.63) is 18.4 Å². The molecule has 1 fully saturated rings. The Morgan fingerprint density at radius 3 is 2.78 bits per heavy atom. The van der Waals surface area contributed by atoms with Crippen LogP contribution in [0, 0.1) is 6.42 Å². The number of aliphatic hydroxyl groups is 1. The summed E-state index contributed by atoms with van der Waals surface area (Å²) in [6.45, 7) is 0.214. The summed E-state index contributed by atoms with van der Waals surface area (Å²) in [5.74, 6) is -1.29. The fourth-order valence-corrected chi connectivity index (χ4v) is 1.70. The molecule has 101 valence electrons. The first-order chi connectivity index (χ1) is 8.04. The number of rotatable bonds is 3. The van der Waals surface area contributed by atoms with Gasteiger partial charge in [-0.15, -0.1) is 0 Å². The Morgan fingerprint density at radius 1 is 1.67 bits per heavy atom. The van der Waals surface area contributed by atoms with Crippen molar-refractivity contribution in [2.45, 2.75) is 18.4 Å². The van der Waals surface area contributed by atoms with Crippen LogP contribution in [0.25, 0.3) is 0 Å². The SMILES string of the molecule is NC[C@@H]1[CH-][C@@H](O)[C@H](n2cnc(C(N)=O)c2O)O1.[Os+]. The fourth-order valence-electron chi connectivity index (χ4n) is 1.70. The molecule has 9 heteroatoms. The molecule has 2 heterocycles. The quantitative estimate of drug-likeness (QED) is 0.413. The number of hydrogen-bond donors (Lipinski definition) is 4. The second kappa shape index (κ2) is 5.76. The zero-order valence-electron chi connectivity index (χ0n) is 9.21. The molecule has 8 nitrogen and oxygen atoms in total. The number of imidazole rings is 1. The van der Waals surface area contributed by atoms with Crippen molar-refractivity contribution in [2.24, 2.45) is 11.5 Å². The zero-order valence-corrected chi connectivity index (χ0v) is 11.7. The van der Waals surface area contributed by atoms with E-state index in [4.69, 9.17) is 16.2 Å². The number of aromatic hydroxyl groups is 1. The summed E-state index contributed by atoms with van der Waals surface area (Å²) in [4.78, 5) is 14.6. The maximum Gasteiger partial charge on any atom is 1.00 e. The summed E-state index contributed by atoms with van der Waals surface area (Å²) in [5.41, 5.74) is 10.1. The second-order valence-electron chi connectivity index (χ2n) is 3.67. The molecule has 18 heavy (non-hydrogen) atoms. The van der Waals surface area contributed by atoms with Gasteiger partial charge in [-0.3, -0.25) is 15.8 Å². The Bertz CT molecular complexity index is 438. The van der Waals surface area contributed by atoms with Crippen molar-refractivity contribution in [2.75, 3.05) is 6.54 Å². The summed E-state index contributed by atoms with van der Waals surface area (Å²) < 4.78 is 6.50. The van der Waals surface area contributed by atoms with E-state index in [1.165, 1.54) is 12.7 Å². The van der Waals surface area contributed by atoms with Crippen LogP contribution in [0.2, 0.25) is 0 Å². The van der Waals surface area contributed by atoms with Crippen LogP contribution in [0.3, 0.4) is 0 Å².